The van der Waals surface area contributed by atoms with Crippen molar-refractivity contribution in [1.29, 1.82) is 0 Å². The first-order valence-electron chi connectivity index (χ1n) is 6.26. The van der Waals surface area contributed by atoms with Gasteiger partial charge in [0.05, 0.1) is 12.2 Å². The molecule has 110 valence electrons. The molecule has 1 aromatic rings. The maximum absolute atomic E-state index is 11.7. The molecular weight excluding hydrogens is 260 g/mol. The third kappa shape index (κ3) is 4.83. The number of carboxylic acids is 1. The van der Waals surface area contributed by atoms with Crippen LogP contribution >= 0.6 is 0 Å². The Hall–Kier alpha value is -2.18. The highest BCUT2D eigenvalue weighted by molar-refractivity contribution is 5.83. The molecule has 0 aliphatic heterocycles. The summed E-state index contributed by atoms with van der Waals surface area (Å²) in [7, 11) is 0. The largest absolute Gasteiger partial charge is 0.480 e. The second-order valence-corrected chi connectivity index (χ2v) is 5.56. The predicted molar refractivity (Wildman–Crippen MR) is 73.0 cm³/mol. The molecule has 3 N–H and O–H groups in total. The summed E-state index contributed by atoms with van der Waals surface area (Å²) >= 11 is 0. The molecule has 0 fully saturated rings. The molecule has 1 unspecified atom stereocenters. The van der Waals surface area contributed by atoms with Crippen LogP contribution in [0.2, 0.25) is 0 Å². The van der Waals surface area contributed by atoms with E-state index in [4.69, 9.17) is 5.11 Å². The molecule has 0 radical (unpaired) electrons. The average molecular weight is 280 g/mol. The van der Waals surface area contributed by atoms with Crippen LogP contribution in [0.25, 0.3) is 0 Å². The van der Waals surface area contributed by atoms with Crippen LogP contribution in [-0.2, 0) is 11.3 Å². The number of carbonyl (C=O) groups is 2. The zero-order valence-corrected chi connectivity index (χ0v) is 12.1. The quantitative estimate of drug-likeness (QED) is 0.765. The zero-order chi connectivity index (χ0) is 15.3. The highest BCUT2D eigenvalue weighted by Crippen LogP contribution is 2.19. The number of aliphatic carboxylic acids is 1. The van der Waals surface area contributed by atoms with Gasteiger partial charge in [0, 0.05) is 6.20 Å². The van der Waals surface area contributed by atoms with E-state index in [0.717, 1.165) is 0 Å². The van der Waals surface area contributed by atoms with Gasteiger partial charge < -0.3 is 15.7 Å². The van der Waals surface area contributed by atoms with Gasteiger partial charge in [-0.3, -0.25) is 0 Å². The van der Waals surface area contributed by atoms with Crippen LogP contribution in [0.1, 0.15) is 32.3 Å². The Morgan fingerprint density at radius 3 is 2.55 bits per heavy atom. The van der Waals surface area contributed by atoms with E-state index in [1.165, 1.54) is 0 Å². The zero-order valence-electron chi connectivity index (χ0n) is 12.1. The minimum Gasteiger partial charge on any atom is -0.480 e. The number of hydrogen-bond donors (Lipinski definition) is 3. The maximum atomic E-state index is 11.7. The summed E-state index contributed by atoms with van der Waals surface area (Å²) in [5, 5.41) is 14.1. The molecule has 7 nitrogen and oxygen atoms in total. The Kier molecular flexibility index (Phi) is 5.01. The summed E-state index contributed by atoms with van der Waals surface area (Å²) in [4.78, 5) is 31.0. The molecule has 0 saturated heterocycles. The SMILES string of the molecule is Cc1nccc(CNC(=O)NC(C(=O)O)C(C)(C)C)n1. The third-order valence-corrected chi connectivity index (χ3v) is 2.65. The molecule has 0 aromatic carbocycles. The first-order chi connectivity index (χ1) is 9.20. The highest BCUT2D eigenvalue weighted by Gasteiger charge is 2.32. The molecule has 20 heavy (non-hydrogen) atoms. The molecule has 1 atom stereocenters. The van der Waals surface area contributed by atoms with Crippen molar-refractivity contribution in [2.75, 3.05) is 0 Å². The minimum atomic E-state index is -1.06. The average Bonchev–Trinajstić information content (AvgIpc) is 2.31. The number of carbonyl (C=O) groups excluding carboxylic acids is 1. The highest BCUT2D eigenvalue weighted by atomic mass is 16.4. The number of nitrogens with one attached hydrogen (secondary N) is 2. The Morgan fingerprint density at radius 1 is 1.40 bits per heavy atom. The molecular formula is C13H20N4O3. The van der Waals surface area contributed by atoms with Crippen molar-refractivity contribution in [2.24, 2.45) is 5.41 Å². The van der Waals surface area contributed by atoms with Crippen molar-refractivity contribution in [3.8, 4) is 0 Å². The fourth-order valence-electron chi connectivity index (χ4n) is 1.61. The molecule has 7 heteroatoms. The lowest BCUT2D eigenvalue weighted by Gasteiger charge is -2.27. The van der Waals surface area contributed by atoms with Gasteiger partial charge >= 0.3 is 12.0 Å². The molecule has 0 aliphatic rings. The smallest absolute Gasteiger partial charge is 0.326 e. The lowest BCUT2D eigenvalue weighted by Crippen LogP contribution is -2.52. The minimum absolute atomic E-state index is 0.214. The molecule has 0 aliphatic carbocycles. The van der Waals surface area contributed by atoms with Crippen molar-refractivity contribution in [2.45, 2.75) is 40.3 Å². The van der Waals surface area contributed by atoms with E-state index in [1.807, 2.05) is 0 Å². The van der Waals surface area contributed by atoms with E-state index in [2.05, 4.69) is 20.6 Å². The molecule has 2 amide bonds. The molecule has 1 rings (SSSR count). The number of rotatable bonds is 4. The van der Waals surface area contributed by atoms with Gasteiger partial charge in [0.1, 0.15) is 11.9 Å². The van der Waals surface area contributed by atoms with Crippen LogP contribution in [0, 0.1) is 12.3 Å². The van der Waals surface area contributed by atoms with Gasteiger partial charge in [0.25, 0.3) is 0 Å². The van der Waals surface area contributed by atoms with Gasteiger partial charge in [-0.05, 0) is 18.4 Å². The van der Waals surface area contributed by atoms with Gasteiger partial charge in [-0.25, -0.2) is 19.6 Å². The number of amides is 2. The van der Waals surface area contributed by atoms with Crippen molar-refractivity contribution >= 4 is 12.0 Å². The number of urea groups is 1. The Labute approximate surface area is 117 Å². The Morgan fingerprint density at radius 2 is 2.05 bits per heavy atom. The Balaban J connectivity index is 2.57. The van der Waals surface area contributed by atoms with Gasteiger partial charge in [0.2, 0.25) is 0 Å². The van der Waals surface area contributed by atoms with Crippen molar-refractivity contribution in [3.63, 3.8) is 0 Å². The van der Waals surface area contributed by atoms with E-state index >= 15 is 0 Å². The fourth-order valence-corrected chi connectivity index (χ4v) is 1.61. The molecule has 0 spiro atoms. The van der Waals surface area contributed by atoms with Gasteiger partial charge in [0.15, 0.2) is 0 Å². The monoisotopic (exact) mass is 280 g/mol. The third-order valence-electron chi connectivity index (χ3n) is 2.65. The van der Waals surface area contributed by atoms with Gasteiger partial charge in [-0.2, -0.15) is 0 Å². The normalized spacial score (nSPS) is 12.6. The van der Waals surface area contributed by atoms with Crippen LogP contribution in [0.15, 0.2) is 12.3 Å². The maximum Gasteiger partial charge on any atom is 0.326 e. The van der Waals surface area contributed by atoms with Crippen LogP contribution in [0.5, 0.6) is 0 Å². The summed E-state index contributed by atoms with van der Waals surface area (Å²) in [6.45, 7) is 7.22. The van der Waals surface area contributed by atoms with E-state index < -0.39 is 23.5 Å². The van der Waals surface area contributed by atoms with E-state index in [0.29, 0.717) is 11.5 Å². The first kappa shape index (κ1) is 15.9. The lowest BCUT2D eigenvalue weighted by molar-refractivity contribution is -0.141. The molecule has 0 saturated carbocycles. The molecule has 0 bridgehead atoms. The number of aromatic nitrogens is 2. The van der Waals surface area contributed by atoms with Gasteiger partial charge in [-0.1, -0.05) is 20.8 Å². The summed E-state index contributed by atoms with van der Waals surface area (Å²) in [6.07, 6.45) is 1.60. The van der Waals surface area contributed by atoms with Gasteiger partial charge in [-0.15, -0.1) is 0 Å². The Bertz CT molecular complexity index is 497. The topological polar surface area (TPSA) is 104 Å². The lowest BCUT2D eigenvalue weighted by atomic mass is 9.87. The van der Waals surface area contributed by atoms with Crippen LogP contribution < -0.4 is 10.6 Å². The second-order valence-electron chi connectivity index (χ2n) is 5.56. The fraction of sp³-hybridized carbons (Fsp3) is 0.538. The predicted octanol–water partition coefficient (Wildman–Crippen LogP) is 1.08. The van der Waals surface area contributed by atoms with Crippen LogP contribution in [0.4, 0.5) is 4.79 Å². The first-order valence-corrected chi connectivity index (χ1v) is 6.26. The van der Waals surface area contributed by atoms with Crippen molar-refractivity contribution in [3.05, 3.63) is 23.8 Å². The van der Waals surface area contributed by atoms with E-state index in [-0.39, 0.29) is 6.54 Å². The van der Waals surface area contributed by atoms with E-state index in [1.54, 1.807) is 40.0 Å². The van der Waals surface area contributed by atoms with Crippen molar-refractivity contribution in [1.82, 2.24) is 20.6 Å². The number of aryl methyl sites for hydroxylation is 1. The summed E-state index contributed by atoms with van der Waals surface area (Å²) < 4.78 is 0. The summed E-state index contributed by atoms with van der Waals surface area (Å²) in [5.74, 6) is -0.451. The van der Waals surface area contributed by atoms with Crippen LogP contribution in [-0.4, -0.2) is 33.1 Å². The van der Waals surface area contributed by atoms with Crippen molar-refractivity contribution < 1.29 is 14.7 Å². The standard InChI is InChI=1S/C13H20N4O3/c1-8-14-6-5-9(16-8)7-15-12(20)17-10(11(18)19)13(2,3)4/h5-6,10H,7H2,1-4H3,(H,18,19)(H2,15,17,20). The van der Waals surface area contributed by atoms with Crippen LogP contribution in [0.3, 0.4) is 0 Å². The summed E-state index contributed by atoms with van der Waals surface area (Å²) in [6, 6.07) is 0.185. The second kappa shape index (κ2) is 6.31. The molecule has 1 heterocycles. The number of hydrogen-bond acceptors (Lipinski definition) is 4. The molecule has 1 aromatic heterocycles. The number of nitrogens with zero attached hydrogens (tertiary/aromatic N) is 2. The number of carboxylic acid groups (broad SMARTS) is 1. The van der Waals surface area contributed by atoms with E-state index in [9.17, 15) is 9.59 Å². The summed E-state index contributed by atoms with van der Waals surface area (Å²) in [5.41, 5.74) is 0.0876.